The van der Waals surface area contributed by atoms with Gasteiger partial charge in [-0.15, -0.1) is 0 Å². The molecule has 3 rings (SSSR count). The van der Waals surface area contributed by atoms with Crippen LogP contribution >= 0.6 is 0 Å². The van der Waals surface area contributed by atoms with Gasteiger partial charge in [-0.25, -0.2) is 0 Å². The highest BCUT2D eigenvalue weighted by atomic mass is 16.5. The van der Waals surface area contributed by atoms with Crippen LogP contribution in [-0.4, -0.2) is 30.1 Å². The lowest BCUT2D eigenvalue weighted by atomic mass is 9.65. The molecule has 1 N–H and O–H groups in total. The lowest BCUT2D eigenvalue weighted by molar-refractivity contribution is -0.145. The number of fused-ring (bicyclic) bond motifs is 3. The van der Waals surface area contributed by atoms with Gasteiger partial charge in [-0.2, -0.15) is 0 Å². The number of Topliss-reactive ketones (excluding diaryl/α,β-unsaturated/α-hetero) is 2. The summed E-state index contributed by atoms with van der Waals surface area (Å²) in [5.74, 6) is -0.411. The zero-order valence-corrected chi connectivity index (χ0v) is 11.8. The Kier molecular flexibility index (Phi) is 3.27. The van der Waals surface area contributed by atoms with Crippen molar-refractivity contribution in [2.75, 3.05) is 6.54 Å². The number of rotatable bonds is 3. The van der Waals surface area contributed by atoms with Crippen molar-refractivity contribution >= 4 is 17.5 Å². The number of carbonyl (C=O) groups excluding carboxylic acids is 3. The fourth-order valence-corrected chi connectivity index (χ4v) is 3.35. The summed E-state index contributed by atoms with van der Waals surface area (Å²) in [4.78, 5) is 36.6. The molecular weight excluding hydrogens is 270 g/mol. The summed E-state index contributed by atoms with van der Waals surface area (Å²) >= 11 is 0. The number of benzene rings is 1. The second-order valence-corrected chi connectivity index (χ2v) is 5.51. The van der Waals surface area contributed by atoms with Crippen molar-refractivity contribution in [1.29, 1.82) is 0 Å². The van der Waals surface area contributed by atoms with Crippen LogP contribution in [-0.2, 0) is 19.8 Å². The SMILES string of the molecule is CCNC(=O)C(=O)[C@@]12CCC(=O)C[C@@H]1Oc1ccccc12. The van der Waals surface area contributed by atoms with Crippen LogP contribution in [0.2, 0.25) is 0 Å². The number of likely N-dealkylation sites (N-methyl/N-ethyl adjacent to an activating group) is 1. The molecule has 1 heterocycles. The van der Waals surface area contributed by atoms with E-state index in [1.807, 2.05) is 18.2 Å². The quantitative estimate of drug-likeness (QED) is 0.846. The van der Waals surface area contributed by atoms with Crippen molar-refractivity contribution in [2.45, 2.75) is 37.7 Å². The zero-order valence-electron chi connectivity index (χ0n) is 11.8. The molecular formula is C16H17NO4. The Labute approximate surface area is 122 Å². The van der Waals surface area contributed by atoms with E-state index in [2.05, 4.69) is 5.32 Å². The highest BCUT2D eigenvalue weighted by Crippen LogP contribution is 2.50. The Bertz CT molecular complexity index is 624. The molecule has 2 atom stereocenters. The number of carbonyl (C=O) groups is 3. The highest BCUT2D eigenvalue weighted by molar-refractivity contribution is 6.40. The van der Waals surface area contributed by atoms with Gasteiger partial charge in [0.1, 0.15) is 23.1 Å². The number of amides is 1. The first kappa shape index (κ1) is 13.8. The largest absolute Gasteiger partial charge is 0.488 e. The van der Waals surface area contributed by atoms with E-state index < -0.39 is 23.2 Å². The van der Waals surface area contributed by atoms with E-state index in [0.717, 1.165) is 5.56 Å². The van der Waals surface area contributed by atoms with Crippen molar-refractivity contribution in [3.05, 3.63) is 29.8 Å². The van der Waals surface area contributed by atoms with Gasteiger partial charge in [0, 0.05) is 24.9 Å². The Morgan fingerprint density at radius 1 is 1.38 bits per heavy atom. The summed E-state index contributed by atoms with van der Waals surface area (Å²) in [7, 11) is 0. The monoisotopic (exact) mass is 287 g/mol. The molecule has 5 heteroatoms. The highest BCUT2D eigenvalue weighted by Gasteiger charge is 2.58. The van der Waals surface area contributed by atoms with E-state index in [-0.39, 0.29) is 12.2 Å². The Morgan fingerprint density at radius 2 is 2.14 bits per heavy atom. The smallest absolute Gasteiger partial charge is 0.288 e. The molecule has 1 fully saturated rings. The average Bonchev–Trinajstić information content (AvgIpc) is 2.81. The third-order valence-electron chi connectivity index (χ3n) is 4.35. The fraction of sp³-hybridized carbons (Fsp3) is 0.438. The molecule has 110 valence electrons. The molecule has 1 aromatic rings. The first-order chi connectivity index (χ1) is 10.1. The van der Waals surface area contributed by atoms with E-state index in [0.29, 0.717) is 25.1 Å². The number of ether oxygens (including phenoxy) is 1. The summed E-state index contributed by atoms with van der Waals surface area (Å²) in [6.45, 7) is 2.16. The maximum Gasteiger partial charge on any atom is 0.288 e. The van der Waals surface area contributed by atoms with Crippen LogP contribution in [0, 0.1) is 0 Å². The van der Waals surface area contributed by atoms with Gasteiger partial charge < -0.3 is 10.1 Å². The number of hydrogen-bond acceptors (Lipinski definition) is 4. The van der Waals surface area contributed by atoms with Crippen LogP contribution < -0.4 is 10.1 Å². The predicted octanol–water partition coefficient (Wildman–Crippen LogP) is 1.14. The van der Waals surface area contributed by atoms with E-state index >= 15 is 0 Å². The van der Waals surface area contributed by atoms with Crippen LogP contribution in [0.5, 0.6) is 5.75 Å². The van der Waals surface area contributed by atoms with Gasteiger partial charge in [0.15, 0.2) is 0 Å². The lowest BCUT2D eigenvalue weighted by Gasteiger charge is -2.35. The molecule has 0 radical (unpaired) electrons. The van der Waals surface area contributed by atoms with Crippen molar-refractivity contribution in [3.8, 4) is 5.75 Å². The number of ketones is 2. The summed E-state index contributed by atoms with van der Waals surface area (Å²) in [6, 6.07) is 7.25. The number of nitrogens with one attached hydrogen (secondary N) is 1. The summed E-state index contributed by atoms with van der Waals surface area (Å²) < 4.78 is 5.81. The van der Waals surface area contributed by atoms with Gasteiger partial charge in [-0.3, -0.25) is 14.4 Å². The molecule has 0 unspecified atom stereocenters. The Morgan fingerprint density at radius 3 is 2.90 bits per heavy atom. The topological polar surface area (TPSA) is 72.5 Å². The van der Waals surface area contributed by atoms with Gasteiger partial charge in [0.2, 0.25) is 5.78 Å². The van der Waals surface area contributed by atoms with E-state index in [4.69, 9.17) is 4.74 Å². The summed E-state index contributed by atoms with van der Waals surface area (Å²) in [5.41, 5.74) is -0.275. The molecule has 1 amide bonds. The fourth-order valence-electron chi connectivity index (χ4n) is 3.35. The molecule has 0 spiro atoms. The van der Waals surface area contributed by atoms with E-state index in [1.165, 1.54) is 0 Å². The molecule has 0 saturated heterocycles. The first-order valence-electron chi connectivity index (χ1n) is 7.20. The molecule has 0 aromatic heterocycles. The second-order valence-electron chi connectivity index (χ2n) is 5.51. The number of para-hydroxylation sites is 1. The van der Waals surface area contributed by atoms with E-state index in [9.17, 15) is 14.4 Å². The average molecular weight is 287 g/mol. The molecule has 1 aliphatic heterocycles. The molecule has 21 heavy (non-hydrogen) atoms. The standard InChI is InChI=1S/C16H17NO4/c1-2-17-15(20)14(19)16-8-7-10(18)9-13(16)21-12-6-4-3-5-11(12)16/h3-6,13H,2,7-9H2,1H3,(H,17,20)/t13-,16+/m0/s1. The van der Waals surface area contributed by atoms with Crippen LogP contribution in [0.4, 0.5) is 0 Å². The van der Waals surface area contributed by atoms with Crippen LogP contribution in [0.15, 0.2) is 24.3 Å². The van der Waals surface area contributed by atoms with Gasteiger partial charge >= 0.3 is 0 Å². The molecule has 1 saturated carbocycles. The normalized spacial score (nSPS) is 26.5. The van der Waals surface area contributed by atoms with Crippen LogP contribution in [0.1, 0.15) is 31.7 Å². The molecule has 1 aliphatic carbocycles. The Hall–Kier alpha value is -2.17. The van der Waals surface area contributed by atoms with Crippen molar-refractivity contribution in [2.24, 2.45) is 0 Å². The first-order valence-corrected chi connectivity index (χ1v) is 7.20. The maximum absolute atomic E-state index is 12.8. The predicted molar refractivity (Wildman–Crippen MR) is 75.1 cm³/mol. The van der Waals surface area contributed by atoms with Crippen molar-refractivity contribution < 1.29 is 19.1 Å². The minimum atomic E-state index is -1.01. The molecule has 2 aliphatic rings. The summed E-state index contributed by atoms with van der Waals surface area (Å²) in [5, 5.41) is 2.56. The molecule has 0 bridgehead atoms. The van der Waals surface area contributed by atoms with Gasteiger partial charge in [-0.05, 0) is 19.4 Å². The van der Waals surface area contributed by atoms with Crippen molar-refractivity contribution in [3.63, 3.8) is 0 Å². The van der Waals surface area contributed by atoms with Gasteiger partial charge in [0.25, 0.3) is 5.91 Å². The van der Waals surface area contributed by atoms with Crippen molar-refractivity contribution in [1.82, 2.24) is 5.32 Å². The van der Waals surface area contributed by atoms with Crippen LogP contribution in [0.3, 0.4) is 0 Å². The lowest BCUT2D eigenvalue weighted by Crippen LogP contribution is -2.54. The molecule has 5 nitrogen and oxygen atoms in total. The number of hydrogen-bond donors (Lipinski definition) is 1. The van der Waals surface area contributed by atoms with Gasteiger partial charge in [0.05, 0.1) is 0 Å². The minimum absolute atomic E-state index is 0.0760. The Balaban J connectivity index is 2.08. The maximum atomic E-state index is 12.8. The minimum Gasteiger partial charge on any atom is -0.488 e. The van der Waals surface area contributed by atoms with E-state index in [1.54, 1.807) is 13.0 Å². The van der Waals surface area contributed by atoms with Gasteiger partial charge in [-0.1, -0.05) is 18.2 Å². The third kappa shape index (κ3) is 1.95. The van der Waals surface area contributed by atoms with Crippen LogP contribution in [0.25, 0.3) is 0 Å². The second kappa shape index (κ2) is 4.98. The third-order valence-corrected chi connectivity index (χ3v) is 4.35. The molecule has 1 aromatic carbocycles. The zero-order chi connectivity index (χ0) is 15.0. The summed E-state index contributed by atoms with van der Waals surface area (Å²) in [6.07, 6.45) is 0.258.